The number of likely N-dealkylation sites (N-methyl/N-ethyl adjacent to an activating group) is 1. The van der Waals surface area contributed by atoms with Crippen molar-refractivity contribution in [3.63, 3.8) is 0 Å². The van der Waals surface area contributed by atoms with Gasteiger partial charge in [0.2, 0.25) is 5.95 Å². The van der Waals surface area contributed by atoms with Gasteiger partial charge in [-0.25, -0.2) is 15.2 Å². The van der Waals surface area contributed by atoms with Gasteiger partial charge in [0.1, 0.15) is 17.4 Å². The summed E-state index contributed by atoms with van der Waals surface area (Å²) in [5.74, 6) is 0.902. The average Bonchev–Trinajstić information content (AvgIpc) is 2.94. The number of phenolic OH excluding ortho intramolecular Hbond substituents is 1. The minimum absolute atomic E-state index is 0.126. The number of benzene rings is 2. The highest BCUT2D eigenvalue weighted by atomic mass is 16.6. The first-order valence-electron chi connectivity index (χ1n) is 13.1. The Balaban J connectivity index is 1.59. The van der Waals surface area contributed by atoms with Gasteiger partial charge in [-0.15, -0.1) is 0 Å². The van der Waals surface area contributed by atoms with Crippen molar-refractivity contribution in [3.8, 4) is 17.6 Å². The van der Waals surface area contributed by atoms with Crippen molar-refractivity contribution < 1.29 is 14.6 Å². The fraction of sp³-hybridized carbons (Fsp3) is 0.357. The third-order valence-corrected chi connectivity index (χ3v) is 6.18. The fourth-order valence-electron chi connectivity index (χ4n) is 4.00. The van der Waals surface area contributed by atoms with E-state index < -0.39 is 6.09 Å². The van der Waals surface area contributed by atoms with Gasteiger partial charge in [-0.2, -0.15) is 10.2 Å². The lowest BCUT2D eigenvalue weighted by Crippen LogP contribution is -2.49. The predicted molar refractivity (Wildman–Crippen MR) is 154 cm³/mol. The highest BCUT2D eigenvalue weighted by Crippen LogP contribution is 2.33. The predicted octanol–water partition coefficient (Wildman–Crippen LogP) is 4.07. The van der Waals surface area contributed by atoms with Gasteiger partial charge in [0.15, 0.2) is 11.6 Å². The molecule has 1 fully saturated rings. The molecule has 12 heteroatoms. The van der Waals surface area contributed by atoms with Gasteiger partial charge in [0.25, 0.3) is 0 Å². The Kier molecular flexibility index (Phi) is 8.88. The molecule has 1 aromatic heterocycles. The molecule has 40 heavy (non-hydrogen) atoms. The Hall–Kier alpha value is -4.60. The van der Waals surface area contributed by atoms with E-state index in [0.717, 1.165) is 38.4 Å². The topological polar surface area (TPSA) is 151 Å². The lowest BCUT2D eigenvalue weighted by molar-refractivity contribution is 0.188. The number of carbonyl (C=O) groups excluding carboxylic acids is 1. The largest absolute Gasteiger partial charge is 0.508 e. The molecule has 0 saturated carbocycles. The number of aromatic hydroxyl groups is 1. The van der Waals surface area contributed by atoms with Crippen molar-refractivity contribution >= 4 is 34.9 Å². The van der Waals surface area contributed by atoms with E-state index in [1.807, 2.05) is 39.0 Å². The number of aromatic nitrogens is 2. The second-order valence-corrected chi connectivity index (χ2v) is 10.4. The van der Waals surface area contributed by atoms with E-state index in [1.54, 1.807) is 12.1 Å². The quantitative estimate of drug-likeness (QED) is 0.206. The molecule has 1 amide bonds. The summed E-state index contributed by atoms with van der Waals surface area (Å²) in [6.07, 6.45) is 0.738. The molecule has 1 aliphatic rings. The molecule has 12 nitrogen and oxygen atoms in total. The van der Waals surface area contributed by atoms with Crippen LogP contribution in [0, 0.1) is 11.3 Å². The number of nitrogens with zero attached hydrogens (tertiary/aromatic N) is 5. The van der Waals surface area contributed by atoms with Gasteiger partial charge in [0, 0.05) is 49.2 Å². The molecule has 1 aliphatic heterocycles. The summed E-state index contributed by atoms with van der Waals surface area (Å²) in [7, 11) is 0. The van der Waals surface area contributed by atoms with Crippen LogP contribution in [0.1, 0.15) is 33.3 Å². The van der Waals surface area contributed by atoms with Crippen LogP contribution in [0.3, 0.4) is 0 Å². The highest BCUT2D eigenvalue weighted by molar-refractivity contribution is 5.76. The molecule has 3 aromatic rings. The van der Waals surface area contributed by atoms with E-state index in [2.05, 4.69) is 54.2 Å². The van der Waals surface area contributed by atoms with Crippen LogP contribution in [-0.4, -0.2) is 64.3 Å². The van der Waals surface area contributed by atoms with Gasteiger partial charge in [0.05, 0.1) is 11.9 Å². The van der Waals surface area contributed by atoms with Crippen LogP contribution in [0.4, 0.5) is 33.6 Å². The zero-order valence-electron chi connectivity index (χ0n) is 23.2. The van der Waals surface area contributed by atoms with Crippen LogP contribution in [-0.2, 0) is 0 Å². The average molecular weight is 546 g/mol. The molecule has 0 atom stereocenters. The molecule has 0 spiro atoms. The number of hydrazine groups is 1. The van der Waals surface area contributed by atoms with Crippen LogP contribution in [0.2, 0.25) is 0 Å². The minimum atomic E-state index is -0.665. The number of nitriles is 1. The summed E-state index contributed by atoms with van der Waals surface area (Å²) in [5.41, 5.74) is 7.42. The van der Waals surface area contributed by atoms with Crippen molar-refractivity contribution in [2.45, 2.75) is 33.2 Å². The summed E-state index contributed by atoms with van der Waals surface area (Å²) in [4.78, 5) is 26.0. The minimum Gasteiger partial charge on any atom is -0.508 e. The van der Waals surface area contributed by atoms with E-state index in [-0.39, 0.29) is 28.6 Å². The summed E-state index contributed by atoms with van der Waals surface area (Å²) in [5, 5.41) is 25.3. The number of amides is 1. The summed E-state index contributed by atoms with van der Waals surface area (Å²) in [6, 6.07) is 14.1. The smallest absolute Gasteiger partial charge is 0.427 e. The van der Waals surface area contributed by atoms with E-state index in [0.29, 0.717) is 17.1 Å². The number of anilines is 5. The Labute approximate surface area is 234 Å². The van der Waals surface area contributed by atoms with Gasteiger partial charge >= 0.3 is 6.09 Å². The number of ether oxygens (including phenoxy) is 1. The third kappa shape index (κ3) is 7.72. The maximum atomic E-state index is 12.7. The molecule has 210 valence electrons. The molecule has 0 radical (unpaired) electrons. The molecule has 0 bridgehead atoms. The Bertz CT molecular complexity index is 1360. The Morgan fingerprint density at radius 1 is 1.10 bits per heavy atom. The molecule has 4 rings (SSSR count). The van der Waals surface area contributed by atoms with E-state index in [9.17, 15) is 15.2 Å². The summed E-state index contributed by atoms with van der Waals surface area (Å²) in [6.45, 7) is 12.6. The fourth-order valence-corrected chi connectivity index (χ4v) is 4.00. The van der Waals surface area contributed by atoms with Crippen molar-refractivity contribution in [2.75, 3.05) is 48.3 Å². The van der Waals surface area contributed by atoms with Crippen LogP contribution < -0.4 is 31.1 Å². The maximum absolute atomic E-state index is 12.7. The van der Waals surface area contributed by atoms with Gasteiger partial charge in [-0.1, -0.05) is 6.92 Å². The van der Waals surface area contributed by atoms with E-state index in [1.165, 1.54) is 18.3 Å². The second kappa shape index (κ2) is 12.5. The summed E-state index contributed by atoms with van der Waals surface area (Å²) < 4.78 is 5.71. The Morgan fingerprint density at radius 3 is 2.48 bits per heavy atom. The van der Waals surface area contributed by atoms with Gasteiger partial charge in [-0.3, -0.25) is 5.43 Å². The van der Waals surface area contributed by atoms with Crippen molar-refractivity contribution in [1.29, 1.82) is 5.26 Å². The number of nitrogens with one attached hydrogen (secondary N) is 4. The number of carbonyl (C=O) groups is 1. The van der Waals surface area contributed by atoms with Crippen molar-refractivity contribution in [1.82, 2.24) is 25.7 Å². The first kappa shape index (κ1) is 28.4. The van der Waals surface area contributed by atoms with Crippen LogP contribution in [0.25, 0.3) is 0 Å². The van der Waals surface area contributed by atoms with E-state index in [4.69, 9.17) is 4.74 Å². The number of phenols is 1. The molecule has 2 aromatic carbocycles. The molecule has 1 saturated heterocycles. The molecule has 0 unspecified atom stereocenters. The lowest BCUT2D eigenvalue weighted by Gasteiger charge is -2.35. The van der Waals surface area contributed by atoms with E-state index >= 15 is 0 Å². The lowest BCUT2D eigenvalue weighted by atomic mass is 10.1. The molecule has 2 heterocycles. The Morgan fingerprint density at radius 2 is 1.82 bits per heavy atom. The molecular formula is C28H35N9O3. The monoisotopic (exact) mass is 545 g/mol. The maximum Gasteiger partial charge on any atom is 0.427 e. The normalized spacial score (nSPS) is 13.8. The van der Waals surface area contributed by atoms with Crippen LogP contribution in [0.15, 0.2) is 48.7 Å². The zero-order chi connectivity index (χ0) is 28.7. The van der Waals surface area contributed by atoms with Crippen molar-refractivity contribution in [2.24, 2.45) is 0 Å². The molecule has 0 aliphatic carbocycles. The van der Waals surface area contributed by atoms with Crippen molar-refractivity contribution in [3.05, 3.63) is 54.2 Å². The third-order valence-electron chi connectivity index (χ3n) is 6.18. The SMILES string of the molecule is CCN1CCN(c2ccc(Nc3ncc(C#N)c(Nc4ccc(O)cc4)n3)c(OC(=O)NNC(C)(C)C)c2)CC1. The second-order valence-electron chi connectivity index (χ2n) is 10.4. The molecule has 5 N–H and O–H groups in total. The summed E-state index contributed by atoms with van der Waals surface area (Å²) >= 11 is 0. The number of hydrogen-bond acceptors (Lipinski definition) is 11. The first-order valence-corrected chi connectivity index (χ1v) is 13.1. The number of hydrogen-bond donors (Lipinski definition) is 5. The van der Waals surface area contributed by atoms with Gasteiger partial charge in [-0.05, 0) is 63.7 Å². The number of piperazine rings is 1. The van der Waals surface area contributed by atoms with Gasteiger partial charge < -0.3 is 30.3 Å². The molecular weight excluding hydrogens is 510 g/mol. The zero-order valence-corrected chi connectivity index (χ0v) is 23.2. The highest BCUT2D eigenvalue weighted by Gasteiger charge is 2.20. The number of rotatable bonds is 8. The standard InChI is InChI=1S/C28H35N9O3/c1-5-36-12-14-37(15-13-36)21-8-11-23(24(16-21)40-27(39)34-35-28(2,3)4)32-26-30-18-19(17-29)25(33-26)31-20-6-9-22(38)10-7-20/h6-11,16,18,35,38H,5,12-15H2,1-4H3,(H,34,39)(H2,30,31,32,33). The van der Waals surface area contributed by atoms with Crippen LogP contribution >= 0.6 is 0 Å². The van der Waals surface area contributed by atoms with Crippen LogP contribution in [0.5, 0.6) is 11.5 Å². The first-order chi connectivity index (χ1) is 19.1.